The van der Waals surface area contributed by atoms with Crippen molar-refractivity contribution in [2.24, 2.45) is 18.9 Å². The van der Waals surface area contributed by atoms with Crippen LogP contribution < -0.4 is 10.9 Å². The van der Waals surface area contributed by atoms with E-state index in [1.54, 1.807) is 4.68 Å². The molecule has 1 aliphatic carbocycles. The highest BCUT2D eigenvalue weighted by molar-refractivity contribution is 6.04. The van der Waals surface area contributed by atoms with Crippen LogP contribution in [0.4, 0.5) is 5.69 Å². The van der Waals surface area contributed by atoms with Crippen molar-refractivity contribution in [3.63, 3.8) is 0 Å². The van der Waals surface area contributed by atoms with Crippen molar-refractivity contribution in [2.75, 3.05) is 11.9 Å². The quantitative estimate of drug-likeness (QED) is 0.764. The standard InChI is InChI=1S/C23H34N4O4/c1-13(2)16-11-18(30-12-16)21-14(3)19(25-31-21)22(28)24-20-15(4)26(5)27(23(20)29)17-9-7-6-8-10-17/h13,16-18H,6-12H2,1-5H3,(H,24,28)/t16?,18-/m0/s1. The van der Waals surface area contributed by atoms with Crippen molar-refractivity contribution in [2.45, 2.75) is 78.4 Å². The first-order valence-corrected chi connectivity index (χ1v) is 11.5. The van der Waals surface area contributed by atoms with Crippen LogP contribution in [0, 0.1) is 25.7 Å². The number of amides is 1. The van der Waals surface area contributed by atoms with Gasteiger partial charge in [0.2, 0.25) is 0 Å². The molecule has 3 heterocycles. The zero-order valence-electron chi connectivity index (χ0n) is 19.2. The summed E-state index contributed by atoms with van der Waals surface area (Å²) in [4.78, 5) is 26.1. The third-order valence-corrected chi connectivity index (χ3v) is 7.19. The summed E-state index contributed by atoms with van der Waals surface area (Å²) in [5, 5.41) is 6.83. The fourth-order valence-electron chi connectivity index (χ4n) is 4.94. The summed E-state index contributed by atoms with van der Waals surface area (Å²) in [6.07, 6.45) is 6.15. The van der Waals surface area contributed by atoms with Crippen molar-refractivity contribution >= 4 is 11.6 Å². The molecular weight excluding hydrogens is 396 g/mol. The van der Waals surface area contributed by atoms with Gasteiger partial charge in [-0.25, -0.2) is 4.68 Å². The molecule has 2 aromatic heterocycles. The van der Waals surface area contributed by atoms with Gasteiger partial charge in [-0.15, -0.1) is 0 Å². The number of carbonyl (C=O) groups excluding carboxylic acids is 1. The van der Waals surface area contributed by atoms with Crippen molar-refractivity contribution in [3.05, 3.63) is 33.1 Å². The predicted octanol–water partition coefficient (Wildman–Crippen LogP) is 4.28. The molecule has 170 valence electrons. The second kappa shape index (κ2) is 8.65. The van der Waals surface area contributed by atoms with Crippen LogP contribution in [0.25, 0.3) is 0 Å². The minimum absolute atomic E-state index is 0.152. The summed E-state index contributed by atoms with van der Waals surface area (Å²) in [7, 11) is 1.88. The Morgan fingerprint density at radius 3 is 2.55 bits per heavy atom. The second-order valence-corrected chi connectivity index (χ2v) is 9.46. The predicted molar refractivity (Wildman–Crippen MR) is 117 cm³/mol. The number of aromatic nitrogens is 3. The highest BCUT2D eigenvalue weighted by atomic mass is 16.5. The zero-order chi connectivity index (χ0) is 22.3. The molecule has 0 radical (unpaired) electrons. The Morgan fingerprint density at radius 1 is 1.19 bits per heavy atom. The number of rotatable bonds is 5. The normalized spacial score (nSPS) is 22.4. The number of carbonyl (C=O) groups is 1. The molecular formula is C23H34N4O4. The van der Waals surface area contributed by atoms with E-state index in [9.17, 15) is 9.59 Å². The van der Waals surface area contributed by atoms with Gasteiger partial charge in [-0.1, -0.05) is 38.3 Å². The molecule has 8 nitrogen and oxygen atoms in total. The Hall–Kier alpha value is -2.35. The van der Waals surface area contributed by atoms with Crippen LogP contribution in [0.1, 0.15) is 92.0 Å². The van der Waals surface area contributed by atoms with E-state index >= 15 is 0 Å². The van der Waals surface area contributed by atoms with Crippen molar-refractivity contribution in [3.8, 4) is 0 Å². The van der Waals surface area contributed by atoms with E-state index in [1.165, 1.54) is 6.42 Å². The number of nitrogens with zero attached hydrogens (tertiary/aromatic N) is 3. The minimum Gasteiger partial charge on any atom is -0.370 e. The average molecular weight is 431 g/mol. The molecule has 1 amide bonds. The number of hydrogen-bond donors (Lipinski definition) is 1. The maximum atomic E-state index is 13.1. The van der Waals surface area contributed by atoms with E-state index in [1.807, 2.05) is 25.6 Å². The molecule has 0 bridgehead atoms. The molecule has 1 unspecified atom stereocenters. The van der Waals surface area contributed by atoms with Crippen LogP contribution in [0.15, 0.2) is 9.32 Å². The van der Waals surface area contributed by atoms with Gasteiger partial charge >= 0.3 is 0 Å². The molecule has 0 aromatic carbocycles. The molecule has 1 N–H and O–H groups in total. The summed E-state index contributed by atoms with van der Waals surface area (Å²) in [5.41, 5.74) is 1.79. The molecule has 8 heteroatoms. The van der Waals surface area contributed by atoms with Gasteiger partial charge < -0.3 is 14.6 Å². The van der Waals surface area contributed by atoms with E-state index in [2.05, 4.69) is 24.3 Å². The highest BCUT2D eigenvalue weighted by Crippen LogP contribution is 2.38. The smallest absolute Gasteiger partial charge is 0.291 e. The topological polar surface area (TPSA) is 91.3 Å². The summed E-state index contributed by atoms with van der Waals surface area (Å²) < 4.78 is 15.1. The van der Waals surface area contributed by atoms with E-state index in [4.69, 9.17) is 9.26 Å². The lowest BCUT2D eigenvalue weighted by Gasteiger charge is -2.24. The number of ether oxygens (including phenoxy) is 1. The average Bonchev–Trinajstić information content (AvgIpc) is 3.43. The minimum atomic E-state index is -0.424. The van der Waals surface area contributed by atoms with E-state index in [0.717, 1.165) is 37.8 Å². The van der Waals surface area contributed by atoms with Gasteiger partial charge in [-0.3, -0.25) is 14.3 Å². The largest absolute Gasteiger partial charge is 0.370 e. The van der Waals surface area contributed by atoms with Crippen molar-refractivity contribution in [1.29, 1.82) is 0 Å². The Balaban J connectivity index is 1.54. The first kappa shape index (κ1) is 21.9. The SMILES string of the molecule is Cc1c(C(=O)Nc2c(C)n(C)n(C3CCCCC3)c2=O)noc1[C@@H]1CC(C(C)C)CO1. The van der Waals surface area contributed by atoms with Gasteiger partial charge in [0, 0.05) is 12.6 Å². The Morgan fingerprint density at radius 2 is 1.90 bits per heavy atom. The molecule has 1 aliphatic heterocycles. The molecule has 4 rings (SSSR count). The first-order valence-electron chi connectivity index (χ1n) is 11.5. The van der Waals surface area contributed by atoms with Crippen LogP contribution in [0.2, 0.25) is 0 Å². The van der Waals surface area contributed by atoms with Gasteiger partial charge in [0.1, 0.15) is 11.8 Å². The van der Waals surface area contributed by atoms with Gasteiger partial charge in [-0.05, 0) is 44.9 Å². The molecule has 2 aliphatic rings. The number of hydrogen-bond acceptors (Lipinski definition) is 5. The molecule has 2 fully saturated rings. The lowest BCUT2D eigenvalue weighted by molar-refractivity contribution is 0.0820. The first-order chi connectivity index (χ1) is 14.8. The van der Waals surface area contributed by atoms with Gasteiger partial charge in [0.15, 0.2) is 11.5 Å². The molecule has 31 heavy (non-hydrogen) atoms. The third kappa shape index (κ3) is 3.97. The molecule has 1 saturated heterocycles. The second-order valence-electron chi connectivity index (χ2n) is 9.46. The molecule has 1 saturated carbocycles. The summed E-state index contributed by atoms with van der Waals surface area (Å²) in [6.45, 7) is 8.74. The van der Waals surface area contributed by atoms with Crippen LogP contribution in [-0.4, -0.2) is 27.0 Å². The Kier molecular flexibility index (Phi) is 6.10. The fraction of sp³-hybridized carbons (Fsp3) is 0.696. The van der Waals surface area contributed by atoms with Crippen LogP contribution in [0.3, 0.4) is 0 Å². The lowest BCUT2D eigenvalue weighted by atomic mass is 9.92. The molecule has 2 atom stereocenters. The van der Waals surface area contributed by atoms with E-state index in [-0.39, 0.29) is 23.4 Å². The monoisotopic (exact) mass is 430 g/mol. The Bertz CT molecular complexity index is 1010. The molecule has 2 aromatic rings. The summed E-state index contributed by atoms with van der Waals surface area (Å²) in [6, 6.07) is 0.185. The number of nitrogens with one attached hydrogen (secondary N) is 1. The maximum absolute atomic E-state index is 13.1. The summed E-state index contributed by atoms with van der Waals surface area (Å²) >= 11 is 0. The highest BCUT2D eigenvalue weighted by Gasteiger charge is 2.34. The lowest BCUT2D eigenvalue weighted by Crippen LogP contribution is -2.29. The van der Waals surface area contributed by atoms with Gasteiger partial charge in [0.25, 0.3) is 11.5 Å². The van der Waals surface area contributed by atoms with Crippen LogP contribution >= 0.6 is 0 Å². The van der Waals surface area contributed by atoms with Crippen LogP contribution in [-0.2, 0) is 11.8 Å². The Labute approximate surface area is 182 Å². The summed E-state index contributed by atoms with van der Waals surface area (Å²) in [5.74, 6) is 1.19. The van der Waals surface area contributed by atoms with Gasteiger partial charge in [-0.2, -0.15) is 0 Å². The maximum Gasteiger partial charge on any atom is 0.291 e. The zero-order valence-corrected chi connectivity index (χ0v) is 19.2. The van der Waals surface area contributed by atoms with Crippen molar-refractivity contribution < 1.29 is 14.1 Å². The van der Waals surface area contributed by atoms with E-state index in [0.29, 0.717) is 35.5 Å². The van der Waals surface area contributed by atoms with Gasteiger partial charge in [0.05, 0.1) is 18.3 Å². The van der Waals surface area contributed by atoms with Crippen LogP contribution in [0.5, 0.6) is 0 Å². The third-order valence-electron chi connectivity index (χ3n) is 7.19. The molecule has 0 spiro atoms. The van der Waals surface area contributed by atoms with Crippen molar-refractivity contribution in [1.82, 2.24) is 14.5 Å². The van der Waals surface area contributed by atoms with E-state index < -0.39 is 5.91 Å². The number of anilines is 1. The fourth-order valence-corrected chi connectivity index (χ4v) is 4.94.